The summed E-state index contributed by atoms with van der Waals surface area (Å²) in [5, 5.41) is 3.81. The molecule has 0 aliphatic heterocycles. The van der Waals surface area contributed by atoms with Crippen molar-refractivity contribution in [2.24, 2.45) is 0 Å². The van der Waals surface area contributed by atoms with Crippen molar-refractivity contribution in [3.63, 3.8) is 0 Å². The molecule has 2 nitrogen and oxygen atoms in total. The summed E-state index contributed by atoms with van der Waals surface area (Å²) in [5.41, 5.74) is 2.28. The average Bonchev–Trinajstić information content (AvgIpc) is 2.43. The molecule has 0 atom stereocenters. The summed E-state index contributed by atoms with van der Waals surface area (Å²) in [4.78, 5) is 12.1. The Hall–Kier alpha value is -1.10. The van der Waals surface area contributed by atoms with Crippen LogP contribution in [0.15, 0.2) is 63.2 Å². The highest BCUT2D eigenvalue weighted by Gasteiger charge is 2.04. The third-order valence-corrected chi connectivity index (χ3v) is 4.48. The predicted octanol–water partition coefficient (Wildman–Crippen LogP) is 6.06. The molecule has 0 bridgehead atoms. The van der Waals surface area contributed by atoms with E-state index in [0.717, 1.165) is 20.3 Å². The van der Waals surface area contributed by atoms with E-state index in [-0.39, 0.29) is 5.78 Å². The number of rotatable bonds is 4. The zero-order valence-electron chi connectivity index (χ0n) is 11.2. The highest BCUT2D eigenvalue weighted by atomic mass is 79.9. The summed E-state index contributed by atoms with van der Waals surface area (Å²) in [7, 11) is 0. The SMILES string of the molecule is C/C(=C\C(=O)c1ccc(Br)cc1)Nc1ccc(Cl)c(Br)c1. The minimum Gasteiger partial charge on any atom is -0.359 e. The Balaban J connectivity index is 2.11. The molecule has 21 heavy (non-hydrogen) atoms. The van der Waals surface area contributed by atoms with Crippen LogP contribution in [0.2, 0.25) is 5.02 Å². The first kappa shape index (κ1) is 16.3. The normalized spacial score (nSPS) is 11.3. The summed E-state index contributed by atoms with van der Waals surface area (Å²) in [6.07, 6.45) is 1.58. The second-order valence-electron chi connectivity index (χ2n) is 4.45. The van der Waals surface area contributed by atoms with Gasteiger partial charge in [0.25, 0.3) is 0 Å². The predicted molar refractivity (Wildman–Crippen MR) is 95.0 cm³/mol. The number of allylic oxidation sites excluding steroid dienone is 2. The Bertz CT molecular complexity index is 696. The number of halogens is 3. The molecular weight excluding hydrogens is 417 g/mol. The molecule has 2 aromatic rings. The number of benzene rings is 2. The average molecular weight is 430 g/mol. The fourth-order valence-corrected chi connectivity index (χ4v) is 2.49. The van der Waals surface area contributed by atoms with Crippen LogP contribution in [-0.4, -0.2) is 5.78 Å². The lowest BCUT2D eigenvalue weighted by Gasteiger charge is -2.07. The quantitative estimate of drug-likeness (QED) is 0.473. The Kier molecular flexibility index (Phi) is 5.62. The fourth-order valence-electron chi connectivity index (χ4n) is 1.73. The van der Waals surface area contributed by atoms with Crippen molar-refractivity contribution in [3.8, 4) is 0 Å². The molecule has 0 unspecified atom stereocenters. The van der Waals surface area contributed by atoms with E-state index in [0.29, 0.717) is 10.6 Å². The Labute approximate surface area is 145 Å². The maximum atomic E-state index is 12.1. The first-order valence-electron chi connectivity index (χ1n) is 6.16. The molecule has 0 aromatic heterocycles. The molecule has 0 saturated heterocycles. The highest BCUT2D eigenvalue weighted by molar-refractivity contribution is 9.10. The van der Waals surface area contributed by atoms with Crippen LogP contribution in [-0.2, 0) is 0 Å². The topological polar surface area (TPSA) is 29.1 Å². The number of nitrogens with one attached hydrogen (secondary N) is 1. The molecule has 2 rings (SSSR count). The van der Waals surface area contributed by atoms with Gasteiger partial charge in [0.1, 0.15) is 0 Å². The van der Waals surface area contributed by atoms with Crippen LogP contribution in [0, 0.1) is 0 Å². The third-order valence-electron chi connectivity index (χ3n) is 2.74. The van der Waals surface area contributed by atoms with Gasteiger partial charge in [0.05, 0.1) is 5.02 Å². The number of hydrogen-bond acceptors (Lipinski definition) is 2. The lowest BCUT2D eigenvalue weighted by molar-refractivity contribution is 0.104. The van der Waals surface area contributed by atoms with Crippen molar-refractivity contribution in [1.82, 2.24) is 0 Å². The van der Waals surface area contributed by atoms with E-state index in [4.69, 9.17) is 11.6 Å². The van der Waals surface area contributed by atoms with Crippen LogP contribution in [0.25, 0.3) is 0 Å². The van der Waals surface area contributed by atoms with Crippen molar-refractivity contribution < 1.29 is 4.79 Å². The van der Waals surface area contributed by atoms with Gasteiger partial charge < -0.3 is 5.32 Å². The molecule has 0 radical (unpaired) electrons. The molecule has 1 N–H and O–H groups in total. The third kappa shape index (κ3) is 4.70. The van der Waals surface area contributed by atoms with Crippen molar-refractivity contribution in [2.45, 2.75) is 6.92 Å². The molecule has 5 heteroatoms. The van der Waals surface area contributed by atoms with Crippen LogP contribution in [0.5, 0.6) is 0 Å². The van der Waals surface area contributed by atoms with Crippen LogP contribution in [0.1, 0.15) is 17.3 Å². The van der Waals surface area contributed by atoms with Gasteiger partial charge in [0.2, 0.25) is 0 Å². The van der Waals surface area contributed by atoms with Gasteiger partial charge in [-0.2, -0.15) is 0 Å². The first-order valence-corrected chi connectivity index (χ1v) is 8.12. The summed E-state index contributed by atoms with van der Waals surface area (Å²) >= 11 is 12.7. The second kappa shape index (κ2) is 7.25. The summed E-state index contributed by atoms with van der Waals surface area (Å²) < 4.78 is 1.75. The Morgan fingerprint density at radius 3 is 2.43 bits per heavy atom. The van der Waals surface area contributed by atoms with Gasteiger partial charge in [-0.3, -0.25) is 4.79 Å². The van der Waals surface area contributed by atoms with Crippen LogP contribution >= 0.6 is 43.5 Å². The van der Waals surface area contributed by atoms with Gasteiger partial charge in [-0.15, -0.1) is 0 Å². The molecule has 0 heterocycles. The second-order valence-corrected chi connectivity index (χ2v) is 6.63. The smallest absolute Gasteiger partial charge is 0.187 e. The zero-order chi connectivity index (χ0) is 15.4. The number of anilines is 1. The van der Waals surface area contributed by atoms with Gasteiger partial charge >= 0.3 is 0 Å². The van der Waals surface area contributed by atoms with E-state index < -0.39 is 0 Å². The fraction of sp³-hybridized carbons (Fsp3) is 0.0625. The van der Waals surface area contributed by atoms with Crippen molar-refractivity contribution in [3.05, 3.63) is 73.8 Å². The van der Waals surface area contributed by atoms with Crippen LogP contribution in [0.3, 0.4) is 0 Å². The lowest BCUT2D eigenvalue weighted by atomic mass is 10.1. The summed E-state index contributed by atoms with van der Waals surface area (Å²) in [6.45, 7) is 1.85. The van der Waals surface area contributed by atoms with Crippen molar-refractivity contribution in [1.29, 1.82) is 0 Å². The van der Waals surface area contributed by atoms with E-state index in [1.165, 1.54) is 0 Å². The molecule has 108 valence electrons. The Morgan fingerprint density at radius 2 is 1.81 bits per heavy atom. The first-order chi connectivity index (χ1) is 9.95. The van der Waals surface area contributed by atoms with Gasteiger partial charge in [-0.05, 0) is 65.3 Å². The van der Waals surface area contributed by atoms with E-state index in [9.17, 15) is 4.79 Å². The number of carbonyl (C=O) groups is 1. The van der Waals surface area contributed by atoms with Gasteiger partial charge in [-0.1, -0.05) is 27.5 Å². The lowest BCUT2D eigenvalue weighted by Crippen LogP contribution is -2.01. The molecule has 2 aromatic carbocycles. The highest BCUT2D eigenvalue weighted by Crippen LogP contribution is 2.26. The van der Waals surface area contributed by atoms with E-state index >= 15 is 0 Å². The molecule has 0 saturated carbocycles. The maximum Gasteiger partial charge on any atom is 0.187 e. The standard InChI is InChI=1S/C16H12Br2ClNO/c1-10(20-13-6-7-15(19)14(18)9-13)8-16(21)11-2-4-12(17)5-3-11/h2-9,20H,1H3/b10-8+. The largest absolute Gasteiger partial charge is 0.359 e. The minimum absolute atomic E-state index is 0.0412. The van der Waals surface area contributed by atoms with Crippen LogP contribution in [0.4, 0.5) is 5.69 Å². The van der Waals surface area contributed by atoms with Crippen molar-refractivity contribution in [2.75, 3.05) is 5.32 Å². The maximum absolute atomic E-state index is 12.1. The summed E-state index contributed by atoms with van der Waals surface area (Å²) in [6, 6.07) is 12.8. The van der Waals surface area contributed by atoms with Gasteiger partial charge in [0, 0.05) is 32.0 Å². The molecule has 0 spiro atoms. The van der Waals surface area contributed by atoms with Gasteiger partial charge in [0.15, 0.2) is 5.78 Å². The zero-order valence-corrected chi connectivity index (χ0v) is 15.1. The number of hydrogen-bond donors (Lipinski definition) is 1. The minimum atomic E-state index is -0.0412. The number of ketones is 1. The molecule has 0 amide bonds. The van der Waals surface area contributed by atoms with E-state index in [2.05, 4.69) is 37.2 Å². The molecule has 0 fully saturated rings. The Morgan fingerprint density at radius 1 is 1.14 bits per heavy atom. The summed E-state index contributed by atoms with van der Waals surface area (Å²) in [5.74, 6) is -0.0412. The van der Waals surface area contributed by atoms with Crippen LogP contribution < -0.4 is 5.32 Å². The van der Waals surface area contributed by atoms with Crippen molar-refractivity contribution >= 4 is 54.9 Å². The van der Waals surface area contributed by atoms with Gasteiger partial charge in [-0.25, -0.2) is 0 Å². The molecular formula is C16H12Br2ClNO. The monoisotopic (exact) mass is 427 g/mol. The number of carbonyl (C=O) groups excluding carboxylic acids is 1. The molecule has 0 aliphatic carbocycles. The molecule has 0 aliphatic rings. The van der Waals surface area contributed by atoms with E-state index in [1.807, 2.05) is 31.2 Å². The van der Waals surface area contributed by atoms with E-state index in [1.54, 1.807) is 24.3 Å².